The predicted octanol–water partition coefficient (Wildman–Crippen LogP) is 2.45. The van der Waals surface area contributed by atoms with Crippen molar-refractivity contribution in [3.63, 3.8) is 0 Å². The van der Waals surface area contributed by atoms with Gasteiger partial charge in [0.25, 0.3) is 0 Å². The fourth-order valence-corrected chi connectivity index (χ4v) is 2.16. The molecule has 1 atom stereocenters. The molecule has 4 nitrogen and oxygen atoms in total. The lowest BCUT2D eigenvalue weighted by Crippen LogP contribution is -2.37. The number of ether oxygens (including phenoxy) is 1. The molecule has 106 valence electrons. The molecule has 1 aromatic carbocycles. The zero-order chi connectivity index (χ0) is 12.8. The number of para-hydroxylation sites is 2. The molecule has 1 aromatic rings. The minimum atomic E-state index is 0. The molecule has 0 spiro atoms. The normalized spacial score (nSPS) is 18.3. The van der Waals surface area contributed by atoms with Crippen molar-refractivity contribution in [3.05, 3.63) is 24.3 Å². The van der Waals surface area contributed by atoms with E-state index in [9.17, 15) is 4.79 Å². The molecule has 19 heavy (non-hydrogen) atoms. The van der Waals surface area contributed by atoms with E-state index in [-0.39, 0.29) is 24.2 Å². The van der Waals surface area contributed by atoms with Crippen molar-refractivity contribution in [1.29, 1.82) is 0 Å². The Hall–Kier alpha value is -1.26. The maximum absolute atomic E-state index is 12.1. The van der Waals surface area contributed by atoms with Crippen LogP contribution in [0.5, 0.6) is 5.75 Å². The highest BCUT2D eigenvalue weighted by molar-refractivity contribution is 5.94. The molecule has 2 rings (SSSR count). The van der Waals surface area contributed by atoms with Crippen LogP contribution in [0.15, 0.2) is 24.3 Å². The van der Waals surface area contributed by atoms with Gasteiger partial charge >= 0.3 is 0 Å². The molecule has 1 heterocycles. The molecule has 0 radical (unpaired) electrons. The van der Waals surface area contributed by atoms with Crippen LogP contribution in [-0.4, -0.2) is 25.6 Å². The number of amides is 1. The first kappa shape index (κ1) is 15.8. The number of carbonyl (C=O) groups excluding carboxylic acids is 1. The molecule has 0 aromatic heterocycles. The summed E-state index contributed by atoms with van der Waals surface area (Å²) in [5, 5.41) is 6.21. The summed E-state index contributed by atoms with van der Waals surface area (Å²) in [6.07, 6.45) is 2.01. The van der Waals surface area contributed by atoms with Crippen LogP contribution >= 0.6 is 12.4 Å². The molecule has 1 unspecified atom stereocenters. The van der Waals surface area contributed by atoms with Crippen LogP contribution in [0.4, 0.5) is 5.69 Å². The zero-order valence-corrected chi connectivity index (χ0v) is 12.0. The van der Waals surface area contributed by atoms with Crippen LogP contribution in [0.3, 0.4) is 0 Å². The minimum absolute atomic E-state index is 0. The second kappa shape index (κ2) is 8.02. The fourth-order valence-electron chi connectivity index (χ4n) is 2.16. The molecule has 0 bridgehead atoms. The maximum Gasteiger partial charge on any atom is 0.228 e. The van der Waals surface area contributed by atoms with E-state index in [0.717, 1.165) is 37.4 Å². The number of rotatable bonds is 4. The Morgan fingerprint density at radius 1 is 1.47 bits per heavy atom. The van der Waals surface area contributed by atoms with E-state index in [2.05, 4.69) is 10.6 Å². The number of nitrogens with one attached hydrogen (secondary N) is 2. The molecule has 1 fully saturated rings. The van der Waals surface area contributed by atoms with E-state index in [1.54, 1.807) is 0 Å². The Morgan fingerprint density at radius 3 is 2.95 bits per heavy atom. The molecule has 1 saturated heterocycles. The van der Waals surface area contributed by atoms with E-state index < -0.39 is 0 Å². The van der Waals surface area contributed by atoms with Gasteiger partial charge in [0.05, 0.1) is 18.2 Å². The summed E-state index contributed by atoms with van der Waals surface area (Å²) in [6.45, 7) is 4.31. The number of benzene rings is 1. The Labute approximate surface area is 120 Å². The third-order valence-corrected chi connectivity index (χ3v) is 3.11. The second-order valence-electron chi connectivity index (χ2n) is 4.46. The van der Waals surface area contributed by atoms with Gasteiger partial charge in [-0.05, 0) is 38.4 Å². The third-order valence-electron chi connectivity index (χ3n) is 3.11. The van der Waals surface area contributed by atoms with Gasteiger partial charge in [-0.2, -0.15) is 0 Å². The SMILES string of the molecule is CCOc1ccccc1NC(=O)C1CCCNC1.Cl. The Balaban J connectivity index is 0.00000180. The molecular formula is C14H21ClN2O2. The van der Waals surface area contributed by atoms with Gasteiger partial charge in [0.15, 0.2) is 0 Å². The van der Waals surface area contributed by atoms with E-state index in [1.165, 1.54) is 0 Å². The maximum atomic E-state index is 12.1. The van der Waals surface area contributed by atoms with Gasteiger partial charge in [0.1, 0.15) is 5.75 Å². The summed E-state index contributed by atoms with van der Waals surface area (Å²) in [5.41, 5.74) is 0.759. The smallest absolute Gasteiger partial charge is 0.228 e. The number of hydrogen-bond donors (Lipinski definition) is 2. The Bertz CT molecular complexity index is 406. The van der Waals surface area contributed by atoms with Gasteiger partial charge in [-0.25, -0.2) is 0 Å². The highest BCUT2D eigenvalue weighted by Crippen LogP contribution is 2.24. The van der Waals surface area contributed by atoms with E-state index in [1.807, 2.05) is 31.2 Å². The van der Waals surface area contributed by atoms with Crippen LogP contribution in [-0.2, 0) is 4.79 Å². The third kappa shape index (κ3) is 4.40. The molecule has 1 aliphatic rings. The van der Waals surface area contributed by atoms with Gasteiger partial charge < -0.3 is 15.4 Å². The minimum Gasteiger partial charge on any atom is -0.492 e. The van der Waals surface area contributed by atoms with Crippen molar-refractivity contribution in [2.24, 2.45) is 5.92 Å². The van der Waals surface area contributed by atoms with Crippen molar-refractivity contribution >= 4 is 24.0 Å². The van der Waals surface area contributed by atoms with Crippen LogP contribution in [0.25, 0.3) is 0 Å². The van der Waals surface area contributed by atoms with Crippen LogP contribution in [0, 0.1) is 5.92 Å². The molecule has 0 aliphatic carbocycles. The first-order valence-electron chi connectivity index (χ1n) is 6.54. The van der Waals surface area contributed by atoms with Gasteiger partial charge in [0.2, 0.25) is 5.91 Å². The number of hydrogen-bond acceptors (Lipinski definition) is 3. The molecule has 1 amide bonds. The summed E-state index contributed by atoms with van der Waals surface area (Å²) < 4.78 is 5.49. The largest absolute Gasteiger partial charge is 0.492 e. The summed E-state index contributed by atoms with van der Waals surface area (Å²) in [5.74, 6) is 0.875. The monoisotopic (exact) mass is 284 g/mol. The molecule has 0 saturated carbocycles. The van der Waals surface area contributed by atoms with E-state index >= 15 is 0 Å². The van der Waals surface area contributed by atoms with Gasteiger partial charge in [-0.1, -0.05) is 12.1 Å². The summed E-state index contributed by atoms with van der Waals surface area (Å²) in [6, 6.07) is 7.55. The van der Waals surface area contributed by atoms with Crippen LogP contribution < -0.4 is 15.4 Å². The van der Waals surface area contributed by atoms with Crippen molar-refractivity contribution in [2.75, 3.05) is 25.0 Å². The van der Waals surface area contributed by atoms with Crippen molar-refractivity contribution in [2.45, 2.75) is 19.8 Å². The molecule has 5 heteroatoms. The molecule has 2 N–H and O–H groups in total. The Morgan fingerprint density at radius 2 is 2.26 bits per heavy atom. The lowest BCUT2D eigenvalue weighted by Gasteiger charge is -2.22. The summed E-state index contributed by atoms with van der Waals surface area (Å²) >= 11 is 0. The Kier molecular flexibility index (Phi) is 6.67. The summed E-state index contributed by atoms with van der Waals surface area (Å²) in [7, 11) is 0. The first-order valence-corrected chi connectivity index (χ1v) is 6.54. The van der Waals surface area contributed by atoms with Gasteiger partial charge in [-0.3, -0.25) is 4.79 Å². The fraction of sp³-hybridized carbons (Fsp3) is 0.500. The topological polar surface area (TPSA) is 50.4 Å². The highest BCUT2D eigenvalue weighted by Gasteiger charge is 2.21. The first-order chi connectivity index (χ1) is 8.81. The van der Waals surface area contributed by atoms with Crippen molar-refractivity contribution < 1.29 is 9.53 Å². The van der Waals surface area contributed by atoms with Crippen molar-refractivity contribution in [1.82, 2.24) is 5.32 Å². The van der Waals surface area contributed by atoms with E-state index in [0.29, 0.717) is 6.61 Å². The van der Waals surface area contributed by atoms with Gasteiger partial charge in [-0.15, -0.1) is 12.4 Å². The predicted molar refractivity (Wildman–Crippen MR) is 79.1 cm³/mol. The average Bonchev–Trinajstić information content (AvgIpc) is 2.42. The molecule has 1 aliphatic heterocycles. The number of piperidine rings is 1. The standard InChI is InChI=1S/C14H20N2O2.ClH/c1-2-18-13-8-4-3-7-12(13)16-14(17)11-6-5-9-15-10-11;/h3-4,7-8,11,15H,2,5-6,9-10H2,1H3,(H,16,17);1H. The second-order valence-corrected chi connectivity index (χ2v) is 4.46. The van der Waals surface area contributed by atoms with Crippen molar-refractivity contribution in [3.8, 4) is 5.75 Å². The quantitative estimate of drug-likeness (QED) is 0.893. The zero-order valence-electron chi connectivity index (χ0n) is 11.1. The van der Waals surface area contributed by atoms with E-state index in [4.69, 9.17) is 4.74 Å². The van der Waals surface area contributed by atoms with Gasteiger partial charge in [0, 0.05) is 6.54 Å². The summed E-state index contributed by atoms with van der Waals surface area (Å²) in [4.78, 5) is 12.1. The lowest BCUT2D eigenvalue weighted by atomic mass is 9.99. The number of halogens is 1. The highest BCUT2D eigenvalue weighted by atomic mass is 35.5. The van der Waals surface area contributed by atoms with Crippen LogP contribution in [0.1, 0.15) is 19.8 Å². The number of anilines is 1. The van der Waals surface area contributed by atoms with Crippen LogP contribution in [0.2, 0.25) is 0 Å². The average molecular weight is 285 g/mol. The number of carbonyl (C=O) groups is 1. The lowest BCUT2D eigenvalue weighted by molar-refractivity contribution is -0.120. The molecular weight excluding hydrogens is 264 g/mol.